The standard InChI is InChI=1S/5C14H23N3O3S.C14H25N3O2S/c1-5-19-8-12-20-11(9-21-12)17-7-6-10(15-13(17)18)16-14(2,3)4;1-4-19-8-13-20-12(9-21-13)17-6-5-11(16-14(17)18)15-7-10(2)3;1-4-15-11-5-6-17(14(18)16-11)12-9-21-13(20-12)8-19-7-10(2)3;1-3-6-15-11-5-7-17(14(18)16-11)12-10-21-13(20-12)9-19-8-4-2;1-3-5-8-19-9-13-20-12(10-21-13)17-7-6-11(15-4-2)16-14(17)18;1-10(2)16-12-5-6-17(9-15-12)13-8-20-14(19-13)7-18-11(3)4/h6-7,11-12H,5,8-9H2,1-4H3,(H,15,16,18);2*5-6,10,12-13H,4,7-9H2,1-3H3,(H,15,16,18);5,7,12-13H,3-4,6,8-10H2,1-2H3,(H,15,16,18);6-7,12-13H,3-5,8-10H2,1-2H3,(H,15,16,18);5-6,10-11,13-14H,7-9H2,1-4H3,(H,15,16)/t11-,12+;4*12-,13+;13-,14+/m111111/s1. The maximum atomic E-state index is 12.1. The van der Waals surface area contributed by atoms with Gasteiger partial charge >= 0.3 is 28.4 Å². The second kappa shape index (κ2) is 57.9. The SMILES string of the molecule is CC(C)NC1=NCN([C@H]2CS[C@@H](COC(C)C)O2)C=C1.CCCCOC[C@H]1O[C@@H](n2ccc(NCC)nc2=O)CS1.CCCNc1ccn([C@H]2CS[C@@H](COCCC)O2)c(=O)n1.CCNc1ccn([C@H]2CS[C@@H](COCC(C)C)O2)c(=O)n1.CCOC[C@H]1O[C@@H](n2ccc(NC(C)(C)C)nc2=O)CS1.CCOC[C@H]1O[C@@H](n2ccc(NCC(C)C)nc2=O)CS1. The van der Waals surface area contributed by atoms with E-state index in [0.29, 0.717) is 106 Å². The quantitative estimate of drug-likeness (QED) is 0.0198. The minimum Gasteiger partial charge on any atom is -0.378 e. The molecule has 0 radical (unpaired) electrons. The zero-order valence-electron chi connectivity index (χ0n) is 76.3. The van der Waals surface area contributed by atoms with E-state index in [1.54, 1.807) is 122 Å². The number of aromatic nitrogens is 10. The number of thioether (sulfide) groups is 6. The highest BCUT2D eigenvalue weighted by atomic mass is 32.2. The van der Waals surface area contributed by atoms with E-state index in [0.717, 1.165) is 112 Å². The van der Waals surface area contributed by atoms with Crippen molar-refractivity contribution in [3.63, 3.8) is 0 Å². The van der Waals surface area contributed by atoms with Gasteiger partial charge in [0.15, 0.2) is 0 Å². The van der Waals surface area contributed by atoms with Crippen molar-refractivity contribution in [2.24, 2.45) is 16.8 Å². The van der Waals surface area contributed by atoms with Gasteiger partial charge in [0.05, 0.1) is 45.7 Å². The minimum absolute atomic E-state index is 0.00722. The highest BCUT2D eigenvalue weighted by molar-refractivity contribution is 8.01. The molecule has 5 aromatic heterocycles. The third kappa shape index (κ3) is 39.3. The summed E-state index contributed by atoms with van der Waals surface area (Å²) in [5.74, 6) is 9.61. The molecule has 41 heteroatoms. The number of rotatable bonds is 40. The van der Waals surface area contributed by atoms with Crippen LogP contribution in [-0.4, -0.2) is 255 Å². The third-order valence-corrected chi connectivity index (χ3v) is 24.5. The van der Waals surface area contributed by atoms with Crippen molar-refractivity contribution >= 4 is 105 Å². The molecule has 0 amide bonds. The van der Waals surface area contributed by atoms with Crippen LogP contribution in [0.25, 0.3) is 0 Å². The first kappa shape index (κ1) is 106. The summed E-state index contributed by atoms with van der Waals surface area (Å²) >= 11 is 10.1. The maximum absolute atomic E-state index is 12.1. The predicted molar refractivity (Wildman–Crippen MR) is 507 cm³/mol. The van der Waals surface area contributed by atoms with Crippen LogP contribution >= 0.6 is 70.6 Å². The van der Waals surface area contributed by atoms with Crippen molar-refractivity contribution in [2.45, 2.75) is 238 Å². The van der Waals surface area contributed by atoms with Gasteiger partial charge in [-0.1, -0.05) is 54.9 Å². The Labute approximate surface area is 762 Å². The molecule has 5 aromatic rings. The van der Waals surface area contributed by atoms with Crippen LogP contribution in [0.5, 0.6) is 0 Å². The van der Waals surface area contributed by atoms with Crippen molar-refractivity contribution in [3.05, 3.63) is 126 Å². The normalized spacial score (nSPS) is 22.6. The largest absolute Gasteiger partial charge is 0.378 e. The molecule has 6 N–H and O–H groups in total. The molecule has 0 spiro atoms. The lowest BCUT2D eigenvalue weighted by atomic mass is 10.1. The first-order valence-electron chi connectivity index (χ1n) is 43.7. The Balaban J connectivity index is 0.000000206. The van der Waals surface area contributed by atoms with E-state index in [9.17, 15) is 24.0 Å². The highest BCUT2D eigenvalue weighted by Gasteiger charge is 2.35. The van der Waals surface area contributed by atoms with Crippen molar-refractivity contribution in [3.8, 4) is 0 Å². The molecule has 125 heavy (non-hydrogen) atoms. The molecular formula is C84H140N18O17S6. The first-order valence-corrected chi connectivity index (χ1v) is 50.0. The molecule has 6 fully saturated rings. The Kier molecular flexibility index (Phi) is 49.2. The number of hydrogen-bond donors (Lipinski definition) is 6. The molecule has 7 aliphatic rings. The lowest BCUT2D eigenvalue weighted by molar-refractivity contribution is -0.0569. The van der Waals surface area contributed by atoms with E-state index in [1.165, 1.54) is 9.13 Å². The number of aliphatic imine (C=N–C) groups is 1. The number of unbranched alkanes of at least 4 members (excludes halogenated alkanes) is 1. The van der Waals surface area contributed by atoms with Gasteiger partial charge < -0.3 is 93.6 Å². The average Bonchev–Trinajstić information content (AvgIpc) is 1.69. The molecule has 12 rings (SSSR count). The van der Waals surface area contributed by atoms with E-state index in [-0.39, 0.29) is 110 Å². The summed E-state index contributed by atoms with van der Waals surface area (Å²) in [7, 11) is 0. The van der Waals surface area contributed by atoms with Crippen LogP contribution in [0.2, 0.25) is 0 Å². The van der Waals surface area contributed by atoms with Crippen molar-refractivity contribution in [1.82, 2.24) is 58.0 Å². The van der Waals surface area contributed by atoms with Crippen LogP contribution in [0.3, 0.4) is 0 Å². The van der Waals surface area contributed by atoms with Gasteiger partial charge in [0.1, 0.15) is 112 Å². The fraction of sp³-hybridized carbons (Fsp3) is 0.726. The zero-order valence-corrected chi connectivity index (χ0v) is 81.2. The van der Waals surface area contributed by atoms with Crippen LogP contribution in [0.1, 0.15) is 181 Å². The monoisotopic (exact) mass is 1860 g/mol. The number of amidine groups is 1. The smallest absolute Gasteiger partial charge is 0.351 e. The number of nitrogens with zero attached hydrogens (tertiary/aromatic N) is 12. The molecule has 7 aliphatic heterocycles. The number of hydrogen-bond acceptors (Lipinski definition) is 36. The van der Waals surface area contributed by atoms with E-state index in [4.69, 9.17) is 56.8 Å². The Hall–Kier alpha value is -5.97. The number of anilines is 5. The molecule has 0 saturated carbocycles. The van der Waals surface area contributed by atoms with Crippen molar-refractivity contribution in [2.75, 3.05) is 167 Å². The Morgan fingerprint density at radius 3 is 1.14 bits per heavy atom. The Morgan fingerprint density at radius 1 is 0.432 bits per heavy atom. The van der Waals surface area contributed by atoms with Crippen LogP contribution in [0.15, 0.2) is 103 Å². The van der Waals surface area contributed by atoms with Crippen LogP contribution in [-0.2, 0) is 56.8 Å². The molecule has 6 saturated heterocycles. The molecule has 0 bridgehead atoms. The summed E-state index contributed by atoms with van der Waals surface area (Å²) < 4.78 is 75.8. The van der Waals surface area contributed by atoms with E-state index in [2.05, 4.69) is 135 Å². The maximum Gasteiger partial charge on any atom is 0.351 e. The highest BCUT2D eigenvalue weighted by Crippen LogP contribution is 2.36. The van der Waals surface area contributed by atoms with E-state index < -0.39 is 0 Å². The van der Waals surface area contributed by atoms with Gasteiger partial charge in [0, 0.05) is 142 Å². The van der Waals surface area contributed by atoms with Gasteiger partial charge in [-0.15, -0.1) is 70.6 Å². The number of ether oxygens (including phenoxy) is 12. The molecule has 704 valence electrons. The second-order valence-electron chi connectivity index (χ2n) is 31.7. The third-order valence-electron chi connectivity index (χ3n) is 17.9. The summed E-state index contributed by atoms with van der Waals surface area (Å²) in [6.07, 6.45) is 16.0. The van der Waals surface area contributed by atoms with Crippen LogP contribution in [0, 0.1) is 11.8 Å². The molecule has 0 unspecified atom stereocenters. The van der Waals surface area contributed by atoms with Gasteiger partial charge in [-0.3, -0.25) is 22.8 Å². The van der Waals surface area contributed by atoms with Gasteiger partial charge in [-0.05, 0) is 144 Å². The van der Waals surface area contributed by atoms with Crippen LogP contribution in [0.4, 0.5) is 29.1 Å². The van der Waals surface area contributed by atoms with E-state index in [1.807, 2.05) is 92.3 Å². The lowest BCUT2D eigenvalue weighted by Gasteiger charge is -2.28. The molecular weight excluding hydrogens is 1730 g/mol. The summed E-state index contributed by atoms with van der Waals surface area (Å²) in [5.41, 5.74) is -1.50. The first-order chi connectivity index (χ1) is 60.1. The van der Waals surface area contributed by atoms with Crippen LogP contribution < -0.4 is 60.3 Å². The topological polar surface area (TPSA) is 373 Å². The van der Waals surface area contributed by atoms with Crippen molar-refractivity contribution < 1.29 is 56.8 Å². The Morgan fingerprint density at radius 2 is 0.800 bits per heavy atom. The molecule has 35 nitrogen and oxygen atoms in total. The van der Waals surface area contributed by atoms with Gasteiger partial charge in [0.25, 0.3) is 0 Å². The fourth-order valence-corrected chi connectivity index (χ4v) is 18.0. The lowest BCUT2D eigenvalue weighted by Crippen LogP contribution is -2.38. The fourth-order valence-electron chi connectivity index (χ4n) is 11.9. The zero-order chi connectivity index (χ0) is 90.6. The van der Waals surface area contributed by atoms with Gasteiger partial charge in [-0.2, -0.15) is 24.9 Å². The summed E-state index contributed by atoms with van der Waals surface area (Å²) in [6.45, 7) is 47.7. The summed E-state index contributed by atoms with van der Waals surface area (Å²) in [6, 6.07) is 9.42. The van der Waals surface area contributed by atoms with E-state index >= 15 is 0 Å². The Bertz CT molecular complexity index is 4260. The molecule has 12 heterocycles. The van der Waals surface area contributed by atoms with Gasteiger partial charge in [0.2, 0.25) is 0 Å². The van der Waals surface area contributed by atoms with Crippen molar-refractivity contribution in [1.29, 1.82) is 0 Å². The molecule has 0 aliphatic carbocycles. The molecule has 0 aromatic carbocycles. The van der Waals surface area contributed by atoms with Gasteiger partial charge in [-0.25, -0.2) is 29.0 Å². The second-order valence-corrected chi connectivity index (χ2v) is 38.9. The summed E-state index contributed by atoms with van der Waals surface area (Å²) in [4.78, 5) is 87.1. The average molecular weight is 1870 g/mol. The minimum atomic E-state index is -0.299. The number of nitrogens with one attached hydrogen (secondary N) is 6. The molecule has 12 atom stereocenters. The summed E-state index contributed by atoms with van der Waals surface area (Å²) in [5, 5.41) is 18.8. The predicted octanol–water partition coefficient (Wildman–Crippen LogP) is 12.1.